The number of carbonyl (C=O) groups is 1. The van der Waals surface area contributed by atoms with Crippen LogP contribution < -0.4 is 0 Å². The van der Waals surface area contributed by atoms with Crippen molar-refractivity contribution in [3.8, 4) is 0 Å². The van der Waals surface area contributed by atoms with E-state index in [1.54, 1.807) is 0 Å². The largest absolute Gasteiger partial charge is 0.333 e. The van der Waals surface area contributed by atoms with E-state index in [9.17, 15) is 4.79 Å². The van der Waals surface area contributed by atoms with Crippen molar-refractivity contribution >= 4 is 5.91 Å². The van der Waals surface area contributed by atoms with E-state index in [2.05, 4.69) is 56.2 Å². The van der Waals surface area contributed by atoms with Crippen LogP contribution >= 0.6 is 0 Å². The van der Waals surface area contributed by atoms with Gasteiger partial charge in [0, 0.05) is 37.8 Å². The Balaban J connectivity index is 1.64. The van der Waals surface area contributed by atoms with Crippen LogP contribution in [0.15, 0.2) is 60.9 Å². The predicted octanol–water partition coefficient (Wildman–Crippen LogP) is 4.51. The molecular formula is C24H27N3O. The molecule has 1 unspecified atom stereocenters. The number of aromatic nitrogens is 2. The Bertz CT molecular complexity index is 995. The summed E-state index contributed by atoms with van der Waals surface area (Å²) in [6.07, 6.45) is 3.96. The van der Waals surface area contributed by atoms with E-state index < -0.39 is 0 Å². The Morgan fingerprint density at radius 3 is 2.43 bits per heavy atom. The first-order chi connectivity index (χ1) is 13.3. The van der Waals surface area contributed by atoms with Gasteiger partial charge in [-0.1, -0.05) is 57.2 Å². The lowest BCUT2D eigenvalue weighted by atomic mass is 9.85. The van der Waals surface area contributed by atoms with Crippen molar-refractivity contribution in [2.24, 2.45) is 7.05 Å². The summed E-state index contributed by atoms with van der Waals surface area (Å²) in [7, 11) is 1.93. The SMILES string of the molecule is Cn1cc(C2CN(C(=O)c3ccc(C(C)(C)C)cc3)Cc3ccccc32)cn1. The van der Waals surface area contributed by atoms with Crippen molar-refractivity contribution in [2.75, 3.05) is 6.54 Å². The molecular weight excluding hydrogens is 346 g/mol. The van der Waals surface area contributed by atoms with Gasteiger partial charge in [-0.3, -0.25) is 9.48 Å². The van der Waals surface area contributed by atoms with Crippen molar-refractivity contribution in [1.82, 2.24) is 14.7 Å². The number of nitrogens with zero attached hydrogens (tertiary/aromatic N) is 3. The minimum atomic E-state index is 0.0804. The Labute approximate surface area is 166 Å². The van der Waals surface area contributed by atoms with Crippen molar-refractivity contribution in [2.45, 2.75) is 38.6 Å². The van der Waals surface area contributed by atoms with Gasteiger partial charge < -0.3 is 4.90 Å². The lowest BCUT2D eigenvalue weighted by Crippen LogP contribution is -2.38. The molecule has 1 aliphatic heterocycles. The summed E-state index contributed by atoms with van der Waals surface area (Å²) in [5.74, 6) is 0.236. The van der Waals surface area contributed by atoms with Crippen molar-refractivity contribution < 1.29 is 4.79 Å². The van der Waals surface area contributed by atoms with E-state index in [0.717, 1.165) is 11.1 Å². The zero-order chi connectivity index (χ0) is 19.9. The molecule has 4 heteroatoms. The normalized spacial score (nSPS) is 16.7. The molecule has 28 heavy (non-hydrogen) atoms. The van der Waals surface area contributed by atoms with Crippen LogP contribution in [0.1, 0.15) is 59.3 Å². The molecule has 4 nitrogen and oxygen atoms in total. The predicted molar refractivity (Wildman–Crippen MR) is 111 cm³/mol. The first-order valence-corrected chi connectivity index (χ1v) is 9.79. The quantitative estimate of drug-likeness (QED) is 0.663. The standard InChI is InChI=1S/C24H27N3O/c1-24(2,3)20-11-9-17(10-12-20)23(28)27-15-18-7-5-6-8-21(18)22(16-27)19-13-25-26(4)14-19/h5-14,22H,15-16H2,1-4H3. The zero-order valence-corrected chi connectivity index (χ0v) is 17.0. The average molecular weight is 374 g/mol. The fraction of sp³-hybridized carbons (Fsp3) is 0.333. The number of fused-ring (bicyclic) bond motifs is 1. The Morgan fingerprint density at radius 2 is 1.79 bits per heavy atom. The second kappa shape index (κ2) is 6.93. The van der Waals surface area contributed by atoms with Crippen molar-refractivity contribution in [3.05, 3.63) is 88.7 Å². The number of hydrogen-bond donors (Lipinski definition) is 0. The van der Waals surface area contributed by atoms with Gasteiger partial charge in [0.05, 0.1) is 6.20 Å². The van der Waals surface area contributed by atoms with Gasteiger partial charge in [0.1, 0.15) is 0 Å². The van der Waals surface area contributed by atoms with Crippen LogP contribution in [-0.4, -0.2) is 27.1 Å². The van der Waals surface area contributed by atoms with Crippen LogP contribution in [0, 0.1) is 0 Å². The second-order valence-corrected chi connectivity index (χ2v) is 8.71. The highest BCUT2D eigenvalue weighted by atomic mass is 16.2. The number of carbonyl (C=O) groups excluding carboxylic acids is 1. The molecule has 1 atom stereocenters. The van der Waals surface area contributed by atoms with Crippen LogP contribution in [0.5, 0.6) is 0 Å². The number of benzene rings is 2. The van der Waals surface area contributed by atoms with Crippen LogP contribution in [0.4, 0.5) is 0 Å². The number of hydrogen-bond acceptors (Lipinski definition) is 2. The summed E-state index contributed by atoms with van der Waals surface area (Å²) in [6, 6.07) is 16.5. The third-order valence-corrected chi connectivity index (χ3v) is 5.61. The monoisotopic (exact) mass is 373 g/mol. The maximum atomic E-state index is 13.3. The van der Waals surface area contributed by atoms with E-state index in [1.165, 1.54) is 16.7 Å². The van der Waals surface area contributed by atoms with Gasteiger partial charge in [0.15, 0.2) is 0 Å². The fourth-order valence-corrected chi connectivity index (χ4v) is 3.96. The molecule has 2 heterocycles. The third kappa shape index (κ3) is 3.47. The van der Waals surface area contributed by atoms with E-state index in [4.69, 9.17) is 0 Å². The van der Waals surface area contributed by atoms with Crippen LogP contribution in [0.25, 0.3) is 0 Å². The molecule has 0 fully saturated rings. The molecule has 4 rings (SSSR count). The van der Waals surface area contributed by atoms with Gasteiger partial charge in [0.2, 0.25) is 0 Å². The first-order valence-electron chi connectivity index (χ1n) is 9.79. The summed E-state index contributed by atoms with van der Waals surface area (Å²) in [4.78, 5) is 15.2. The molecule has 0 N–H and O–H groups in total. The molecule has 144 valence electrons. The van der Waals surface area contributed by atoms with Gasteiger partial charge in [-0.15, -0.1) is 0 Å². The molecule has 0 saturated heterocycles. The van der Waals surface area contributed by atoms with Crippen molar-refractivity contribution in [3.63, 3.8) is 0 Å². The Morgan fingerprint density at radius 1 is 1.07 bits per heavy atom. The summed E-state index contributed by atoms with van der Waals surface area (Å²) in [6.45, 7) is 7.87. The van der Waals surface area contributed by atoms with Gasteiger partial charge in [-0.2, -0.15) is 5.10 Å². The third-order valence-electron chi connectivity index (χ3n) is 5.61. The summed E-state index contributed by atoms with van der Waals surface area (Å²) in [5.41, 5.74) is 5.72. The van der Waals surface area contributed by atoms with Gasteiger partial charge in [-0.05, 0) is 39.8 Å². The molecule has 1 amide bonds. The number of amides is 1. The molecule has 3 aromatic rings. The zero-order valence-electron chi connectivity index (χ0n) is 17.0. The van der Waals surface area contributed by atoms with Crippen LogP contribution in [0.2, 0.25) is 0 Å². The minimum absolute atomic E-state index is 0.0804. The van der Waals surface area contributed by atoms with E-state index in [0.29, 0.717) is 13.1 Å². The molecule has 0 aliphatic carbocycles. The summed E-state index contributed by atoms with van der Waals surface area (Å²) >= 11 is 0. The highest BCUT2D eigenvalue weighted by Crippen LogP contribution is 2.34. The minimum Gasteiger partial charge on any atom is -0.333 e. The van der Waals surface area contributed by atoms with Gasteiger partial charge in [0.25, 0.3) is 5.91 Å². The lowest BCUT2D eigenvalue weighted by Gasteiger charge is -2.34. The Hall–Kier alpha value is -2.88. The molecule has 0 spiro atoms. The molecule has 1 aliphatic rings. The molecule has 0 radical (unpaired) electrons. The Kier molecular flexibility index (Phi) is 4.58. The molecule has 0 saturated carbocycles. The van der Waals surface area contributed by atoms with E-state index >= 15 is 0 Å². The number of aryl methyl sites for hydroxylation is 1. The molecule has 0 bridgehead atoms. The highest BCUT2D eigenvalue weighted by Gasteiger charge is 2.30. The maximum absolute atomic E-state index is 13.3. The van der Waals surface area contributed by atoms with Gasteiger partial charge >= 0.3 is 0 Å². The van der Waals surface area contributed by atoms with Crippen LogP contribution in [0.3, 0.4) is 0 Å². The maximum Gasteiger partial charge on any atom is 0.254 e. The summed E-state index contributed by atoms with van der Waals surface area (Å²) in [5, 5.41) is 4.34. The van der Waals surface area contributed by atoms with Crippen LogP contribution in [-0.2, 0) is 19.0 Å². The van der Waals surface area contributed by atoms with Crippen molar-refractivity contribution in [1.29, 1.82) is 0 Å². The number of rotatable bonds is 2. The summed E-state index contributed by atoms with van der Waals surface area (Å²) < 4.78 is 1.82. The average Bonchev–Trinajstić information content (AvgIpc) is 3.12. The lowest BCUT2D eigenvalue weighted by molar-refractivity contribution is 0.0725. The molecule has 1 aromatic heterocycles. The topological polar surface area (TPSA) is 38.1 Å². The highest BCUT2D eigenvalue weighted by molar-refractivity contribution is 5.94. The molecule has 2 aromatic carbocycles. The smallest absolute Gasteiger partial charge is 0.254 e. The first kappa shape index (κ1) is 18.5. The second-order valence-electron chi connectivity index (χ2n) is 8.71. The fourth-order valence-electron chi connectivity index (χ4n) is 3.96. The van der Waals surface area contributed by atoms with E-state index in [-0.39, 0.29) is 17.2 Å². The van der Waals surface area contributed by atoms with Gasteiger partial charge in [-0.25, -0.2) is 0 Å². The van der Waals surface area contributed by atoms with E-state index in [1.807, 2.05) is 47.2 Å².